The summed E-state index contributed by atoms with van der Waals surface area (Å²) in [5, 5.41) is 5.96. The Bertz CT molecular complexity index is 394. The largest absolute Gasteiger partial charge is 0.481 e. The van der Waals surface area contributed by atoms with Crippen LogP contribution in [-0.2, 0) is 11.3 Å². The molecule has 0 aliphatic rings. The van der Waals surface area contributed by atoms with E-state index in [9.17, 15) is 4.79 Å². The van der Waals surface area contributed by atoms with Crippen molar-refractivity contribution in [2.24, 2.45) is 5.92 Å². The number of ether oxygens (including phenoxy) is 1. The third-order valence-electron chi connectivity index (χ3n) is 2.69. The van der Waals surface area contributed by atoms with Gasteiger partial charge in [-0.25, -0.2) is 4.98 Å². The molecule has 1 heterocycles. The van der Waals surface area contributed by atoms with Crippen molar-refractivity contribution in [1.29, 1.82) is 0 Å². The minimum atomic E-state index is 0.0171. The first-order valence-electron chi connectivity index (χ1n) is 6.58. The fourth-order valence-electron chi connectivity index (χ4n) is 1.62. The molecular weight excluding hydrogens is 242 g/mol. The number of aromatic nitrogens is 1. The minimum absolute atomic E-state index is 0.0171. The summed E-state index contributed by atoms with van der Waals surface area (Å²) in [7, 11) is 1.59. The topological polar surface area (TPSA) is 63.2 Å². The molecule has 0 saturated heterocycles. The van der Waals surface area contributed by atoms with Gasteiger partial charge in [0.05, 0.1) is 13.7 Å². The monoisotopic (exact) mass is 265 g/mol. The Morgan fingerprint density at radius 1 is 1.47 bits per heavy atom. The number of carbonyl (C=O) groups excluding carboxylic acids is 1. The van der Waals surface area contributed by atoms with Crippen molar-refractivity contribution >= 4 is 5.91 Å². The Morgan fingerprint density at radius 3 is 2.95 bits per heavy atom. The fourth-order valence-corrected chi connectivity index (χ4v) is 1.62. The van der Waals surface area contributed by atoms with Crippen molar-refractivity contribution in [3.63, 3.8) is 0 Å². The van der Waals surface area contributed by atoms with Crippen molar-refractivity contribution in [2.75, 3.05) is 20.2 Å². The van der Waals surface area contributed by atoms with E-state index in [1.54, 1.807) is 13.3 Å². The zero-order valence-electron chi connectivity index (χ0n) is 11.9. The lowest BCUT2D eigenvalue weighted by atomic mass is 10.1. The summed E-state index contributed by atoms with van der Waals surface area (Å²) in [4.78, 5) is 15.6. The van der Waals surface area contributed by atoms with Crippen LogP contribution in [0.5, 0.6) is 5.88 Å². The van der Waals surface area contributed by atoms with Gasteiger partial charge in [-0.15, -0.1) is 0 Å². The maximum absolute atomic E-state index is 11.5. The van der Waals surface area contributed by atoms with Crippen molar-refractivity contribution in [3.05, 3.63) is 23.9 Å². The number of carbonyl (C=O) groups is 1. The zero-order chi connectivity index (χ0) is 14.1. The van der Waals surface area contributed by atoms with E-state index in [1.807, 2.05) is 12.1 Å². The zero-order valence-corrected chi connectivity index (χ0v) is 11.9. The third-order valence-corrected chi connectivity index (χ3v) is 2.69. The van der Waals surface area contributed by atoms with Gasteiger partial charge in [0.2, 0.25) is 11.8 Å². The highest BCUT2D eigenvalue weighted by Crippen LogP contribution is 2.12. The molecular formula is C14H23N3O2. The summed E-state index contributed by atoms with van der Waals surface area (Å²) in [6, 6.07) is 3.78. The van der Waals surface area contributed by atoms with Crippen LogP contribution in [0.25, 0.3) is 0 Å². The number of rotatable bonds is 8. The predicted molar refractivity (Wildman–Crippen MR) is 75.0 cm³/mol. The first kappa shape index (κ1) is 15.4. The molecule has 5 nitrogen and oxygen atoms in total. The number of pyridine rings is 1. The Labute approximate surface area is 114 Å². The van der Waals surface area contributed by atoms with Gasteiger partial charge in [0.1, 0.15) is 0 Å². The van der Waals surface area contributed by atoms with Crippen molar-refractivity contribution in [3.8, 4) is 5.88 Å². The van der Waals surface area contributed by atoms with E-state index in [4.69, 9.17) is 4.74 Å². The Kier molecular flexibility index (Phi) is 6.89. The molecule has 2 N–H and O–H groups in total. The molecule has 1 aromatic heterocycles. The highest BCUT2D eigenvalue weighted by molar-refractivity contribution is 5.77. The van der Waals surface area contributed by atoms with Crippen LogP contribution in [0.1, 0.15) is 25.8 Å². The predicted octanol–water partition coefficient (Wildman–Crippen LogP) is 1.34. The van der Waals surface area contributed by atoms with Gasteiger partial charge in [-0.3, -0.25) is 4.79 Å². The summed E-state index contributed by atoms with van der Waals surface area (Å²) < 4.78 is 5.14. The Morgan fingerprint density at radius 2 is 2.26 bits per heavy atom. The van der Waals surface area contributed by atoms with Gasteiger partial charge >= 0.3 is 0 Å². The van der Waals surface area contributed by atoms with Gasteiger partial charge in [-0.1, -0.05) is 19.9 Å². The number of hydrogen-bond donors (Lipinski definition) is 2. The van der Waals surface area contributed by atoms with Crippen LogP contribution in [0.4, 0.5) is 0 Å². The normalized spacial score (nSPS) is 10.5. The maximum atomic E-state index is 11.5. The number of hydrogen-bond acceptors (Lipinski definition) is 4. The van der Waals surface area contributed by atoms with E-state index < -0.39 is 0 Å². The number of nitrogens with zero attached hydrogens (tertiary/aromatic N) is 1. The minimum Gasteiger partial charge on any atom is -0.481 e. The maximum Gasteiger partial charge on any atom is 0.233 e. The fraction of sp³-hybridized carbons (Fsp3) is 0.571. The highest BCUT2D eigenvalue weighted by atomic mass is 16.5. The smallest absolute Gasteiger partial charge is 0.233 e. The molecule has 1 rings (SSSR count). The number of nitrogens with one attached hydrogen (secondary N) is 2. The second kappa shape index (κ2) is 8.48. The molecule has 0 fully saturated rings. The summed E-state index contributed by atoms with van der Waals surface area (Å²) >= 11 is 0. The molecule has 0 bridgehead atoms. The molecule has 1 amide bonds. The lowest BCUT2D eigenvalue weighted by Gasteiger charge is -2.09. The van der Waals surface area contributed by atoms with E-state index in [1.165, 1.54) is 0 Å². The van der Waals surface area contributed by atoms with Gasteiger partial charge in [0.15, 0.2) is 0 Å². The third kappa shape index (κ3) is 6.20. The van der Waals surface area contributed by atoms with Crippen LogP contribution in [0.3, 0.4) is 0 Å². The number of amides is 1. The van der Waals surface area contributed by atoms with Crippen LogP contribution in [0, 0.1) is 5.92 Å². The van der Waals surface area contributed by atoms with Gasteiger partial charge in [-0.05, 0) is 18.4 Å². The molecule has 0 saturated carbocycles. The molecule has 0 aliphatic heterocycles. The number of methoxy groups -OCH3 is 1. The van der Waals surface area contributed by atoms with Crippen molar-refractivity contribution < 1.29 is 9.53 Å². The molecule has 19 heavy (non-hydrogen) atoms. The average Bonchev–Trinajstić information content (AvgIpc) is 2.39. The molecule has 0 radical (unpaired) electrons. The molecule has 0 atom stereocenters. The lowest BCUT2D eigenvalue weighted by Crippen LogP contribution is -2.34. The second-order valence-corrected chi connectivity index (χ2v) is 4.81. The molecule has 5 heteroatoms. The van der Waals surface area contributed by atoms with Crippen LogP contribution >= 0.6 is 0 Å². The van der Waals surface area contributed by atoms with E-state index in [0.29, 0.717) is 24.9 Å². The van der Waals surface area contributed by atoms with Crippen molar-refractivity contribution in [1.82, 2.24) is 15.6 Å². The summed E-state index contributed by atoms with van der Waals surface area (Å²) in [5.74, 6) is 1.21. The van der Waals surface area contributed by atoms with Crippen LogP contribution in [0.15, 0.2) is 18.3 Å². The van der Waals surface area contributed by atoms with E-state index in [-0.39, 0.29) is 5.91 Å². The van der Waals surface area contributed by atoms with Gasteiger partial charge in [0, 0.05) is 24.8 Å². The second-order valence-electron chi connectivity index (χ2n) is 4.81. The molecule has 1 aromatic rings. The van der Waals surface area contributed by atoms with E-state index in [2.05, 4.69) is 29.5 Å². The molecule has 0 aromatic carbocycles. The Balaban J connectivity index is 2.24. The Hall–Kier alpha value is -1.62. The van der Waals surface area contributed by atoms with E-state index in [0.717, 1.165) is 18.5 Å². The molecule has 0 aliphatic carbocycles. The lowest BCUT2D eigenvalue weighted by molar-refractivity contribution is -0.120. The molecule has 106 valence electrons. The van der Waals surface area contributed by atoms with E-state index >= 15 is 0 Å². The first-order valence-corrected chi connectivity index (χ1v) is 6.58. The van der Waals surface area contributed by atoms with Gasteiger partial charge < -0.3 is 15.4 Å². The highest BCUT2D eigenvalue weighted by Gasteiger charge is 2.04. The van der Waals surface area contributed by atoms with Crippen LogP contribution < -0.4 is 15.4 Å². The van der Waals surface area contributed by atoms with Crippen molar-refractivity contribution in [2.45, 2.75) is 26.8 Å². The molecule has 0 unspecified atom stereocenters. The molecule has 0 spiro atoms. The summed E-state index contributed by atoms with van der Waals surface area (Å²) in [6.07, 6.45) is 2.68. The SMILES string of the molecule is COc1ncccc1CNCC(=O)NCCC(C)C. The first-order chi connectivity index (χ1) is 9.13. The average molecular weight is 265 g/mol. The summed E-state index contributed by atoms with van der Waals surface area (Å²) in [6.45, 7) is 5.87. The van der Waals surface area contributed by atoms with Gasteiger partial charge in [-0.2, -0.15) is 0 Å². The van der Waals surface area contributed by atoms with Crippen LogP contribution in [0.2, 0.25) is 0 Å². The quantitative estimate of drug-likeness (QED) is 0.744. The summed E-state index contributed by atoms with van der Waals surface area (Å²) in [5.41, 5.74) is 0.944. The van der Waals surface area contributed by atoms with Gasteiger partial charge in [0.25, 0.3) is 0 Å². The standard InChI is InChI=1S/C14H23N3O2/c1-11(2)6-8-16-13(18)10-15-9-12-5-4-7-17-14(12)19-3/h4-5,7,11,15H,6,8-10H2,1-3H3,(H,16,18). The van der Waals surface area contributed by atoms with Crippen LogP contribution in [-0.4, -0.2) is 31.1 Å².